The summed E-state index contributed by atoms with van der Waals surface area (Å²) in [6, 6.07) is 26.3. The average Bonchev–Trinajstić information content (AvgIpc) is 2.90. The van der Waals surface area contributed by atoms with Crippen LogP contribution in [0.25, 0.3) is 0 Å². The Morgan fingerprint density at radius 2 is 0.821 bits per heavy atom. The first kappa shape index (κ1) is 27.7. The van der Waals surface area contributed by atoms with Crippen molar-refractivity contribution in [3.05, 3.63) is 119 Å². The molecule has 4 aromatic carbocycles. The second kappa shape index (κ2) is 11.2. The Labute approximate surface area is 227 Å². The average molecular weight is 563 g/mol. The largest absolute Gasteiger partial charge is 0.322 e. The van der Waals surface area contributed by atoms with Gasteiger partial charge in [0, 0.05) is 35.0 Å². The highest BCUT2D eigenvalue weighted by molar-refractivity contribution is 7.91. The summed E-state index contributed by atoms with van der Waals surface area (Å²) in [7, 11) is -6.65. The van der Waals surface area contributed by atoms with E-state index in [0.29, 0.717) is 28.9 Å². The Kier molecular flexibility index (Phi) is 7.98. The van der Waals surface area contributed by atoms with Gasteiger partial charge in [-0.15, -0.1) is 0 Å². The molecular weight excluding hydrogens is 536 g/mol. The molecule has 0 spiro atoms. The summed E-state index contributed by atoms with van der Waals surface area (Å²) in [5.74, 6) is -0.682. The van der Waals surface area contributed by atoms with Gasteiger partial charge in [0.2, 0.25) is 0 Å². The first-order valence-corrected chi connectivity index (χ1v) is 15.6. The van der Waals surface area contributed by atoms with E-state index >= 15 is 0 Å². The Hall–Kier alpha value is -4.28. The van der Waals surface area contributed by atoms with Crippen LogP contribution in [0.4, 0.5) is 11.4 Å². The lowest BCUT2D eigenvalue weighted by Gasteiger charge is -2.09. The number of rotatable bonds is 8. The summed E-state index contributed by atoms with van der Waals surface area (Å²) in [6.45, 7) is 0. The molecule has 0 atom stereocenters. The third kappa shape index (κ3) is 7.40. The number of sulfone groups is 2. The Morgan fingerprint density at radius 3 is 1.10 bits per heavy atom. The van der Waals surface area contributed by atoms with Gasteiger partial charge in [-0.1, -0.05) is 24.3 Å². The normalized spacial score (nSPS) is 11.5. The predicted octanol–water partition coefficient (Wildman–Crippen LogP) is 4.59. The third-order valence-corrected chi connectivity index (χ3v) is 8.18. The maximum atomic E-state index is 12.5. The van der Waals surface area contributed by atoms with Gasteiger partial charge in [-0.2, -0.15) is 0 Å². The molecule has 2 N–H and O–H groups in total. The molecule has 0 aromatic heterocycles. The van der Waals surface area contributed by atoms with Gasteiger partial charge in [-0.3, -0.25) is 9.59 Å². The molecule has 10 heteroatoms. The van der Waals surface area contributed by atoms with Crippen molar-refractivity contribution in [3.63, 3.8) is 0 Å². The fourth-order valence-electron chi connectivity index (χ4n) is 3.76. The first-order chi connectivity index (χ1) is 18.4. The molecular formula is C29H26N2O6S2. The Bertz CT molecular complexity index is 1580. The van der Waals surface area contributed by atoms with Gasteiger partial charge < -0.3 is 10.6 Å². The molecule has 0 radical (unpaired) electrons. The molecule has 0 fully saturated rings. The molecule has 2 amide bonds. The zero-order valence-corrected chi connectivity index (χ0v) is 22.8. The van der Waals surface area contributed by atoms with E-state index in [4.69, 9.17) is 0 Å². The lowest BCUT2D eigenvalue weighted by molar-refractivity contribution is 0.101. The number of anilines is 2. The highest BCUT2D eigenvalue weighted by Gasteiger charge is 2.12. The van der Waals surface area contributed by atoms with Crippen LogP contribution in [0.15, 0.2) is 107 Å². The Balaban J connectivity index is 1.32. The van der Waals surface area contributed by atoms with Gasteiger partial charge >= 0.3 is 0 Å². The van der Waals surface area contributed by atoms with Crippen LogP contribution in [0.1, 0.15) is 31.8 Å². The van der Waals surface area contributed by atoms with E-state index in [0.717, 1.165) is 23.6 Å². The molecule has 4 rings (SSSR count). The zero-order chi connectivity index (χ0) is 28.2. The van der Waals surface area contributed by atoms with E-state index in [2.05, 4.69) is 10.6 Å². The number of nitrogens with one attached hydrogen (secondary N) is 2. The molecule has 39 heavy (non-hydrogen) atoms. The van der Waals surface area contributed by atoms with Crippen molar-refractivity contribution in [1.82, 2.24) is 0 Å². The van der Waals surface area contributed by atoms with Crippen LogP contribution >= 0.6 is 0 Å². The lowest BCUT2D eigenvalue weighted by Crippen LogP contribution is -2.12. The first-order valence-electron chi connectivity index (χ1n) is 11.8. The molecule has 0 saturated heterocycles. The highest BCUT2D eigenvalue weighted by atomic mass is 32.2. The van der Waals surface area contributed by atoms with E-state index in [1.54, 1.807) is 24.3 Å². The molecule has 200 valence electrons. The van der Waals surface area contributed by atoms with Crippen molar-refractivity contribution in [2.24, 2.45) is 0 Å². The minimum Gasteiger partial charge on any atom is -0.322 e. The molecule has 0 heterocycles. The van der Waals surface area contributed by atoms with Gasteiger partial charge in [0.25, 0.3) is 11.8 Å². The van der Waals surface area contributed by atoms with E-state index in [9.17, 15) is 26.4 Å². The maximum absolute atomic E-state index is 12.5. The smallest absolute Gasteiger partial charge is 0.255 e. The number of amides is 2. The fourth-order valence-corrected chi connectivity index (χ4v) is 5.02. The number of benzene rings is 4. The van der Waals surface area contributed by atoms with Crippen LogP contribution in [0.2, 0.25) is 0 Å². The van der Waals surface area contributed by atoms with Crippen LogP contribution in [0.5, 0.6) is 0 Å². The molecule has 0 aliphatic carbocycles. The molecule has 4 aromatic rings. The minimum atomic E-state index is -3.33. The van der Waals surface area contributed by atoms with Gasteiger partial charge in [0.1, 0.15) is 0 Å². The second-order valence-electron chi connectivity index (χ2n) is 9.07. The van der Waals surface area contributed by atoms with Gasteiger partial charge in [0.05, 0.1) is 9.79 Å². The topological polar surface area (TPSA) is 126 Å². The summed E-state index contributed by atoms with van der Waals surface area (Å²) in [4.78, 5) is 25.3. The monoisotopic (exact) mass is 562 g/mol. The molecule has 0 bridgehead atoms. The van der Waals surface area contributed by atoms with Crippen molar-refractivity contribution in [3.8, 4) is 0 Å². The zero-order valence-electron chi connectivity index (χ0n) is 21.2. The predicted molar refractivity (Wildman–Crippen MR) is 151 cm³/mol. The van der Waals surface area contributed by atoms with Crippen molar-refractivity contribution in [2.75, 3.05) is 23.1 Å². The molecule has 0 aliphatic rings. The van der Waals surface area contributed by atoms with Gasteiger partial charge in [-0.25, -0.2) is 16.8 Å². The number of carbonyl (C=O) groups is 2. The van der Waals surface area contributed by atoms with Crippen molar-refractivity contribution in [2.45, 2.75) is 16.2 Å². The quantitative estimate of drug-likeness (QED) is 0.324. The second-order valence-corrected chi connectivity index (χ2v) is 13.1. The third-order valence-electron chi connectivity index (χ3n) is 5.92. The number of hydrogen-bond acceptors (Lipinski definition) is 6. The maximum Gasteiger partial charge on any atom is 0.255 e. The van der Waals surface area contributed by atoms with Crippen LogP contribution in [0, 0.1) is 0 Å². The van der Waals surface area contributed by atoms with E-state index in [1.165, 1.54) is 48.5 Å². The summed E-state index contributed by atoms with van der Waals surface area (Å²) in [6.07, 6.45) is 2.87. The van der Waals surface area contributed by atoms with E-state index in [-0.39, 0.29) is 21.6 Å². The fraction of sp³-hybridized carbons (Fsp3) is 0.103. The summed E-state index contributed by atoms with van der Waals surface area (Å²) in [5.41, 5.74) is 3.97. The minimum absolute atomic E-state index is 0.153. The van der Waals surface area contributed by atoms with E-state index in [1.807, 2.05) is 24.3 Å². The van der Waals surface area contributed by atoms with Crippen molar-refractivity contribution in [1.29, 1.82) is 0 Å². The Morgan fingerprint density at radius 1 is 0.513 bits per heavy atom. The van der Waals surface area contributed by atoms with Gasteiger partial charge in [-0.05, 0) is 90.3 Å². The van der Waals surface area contributed by atoms with Gasteiger partial charge in [0.15, 0.2) is 19.7 Å². The van der Waals surface area contributed by atoms with Crippen molar-refractivity contribution < 1.29 is 26.4 Å². The molecule has 0 unspecified atom stereocenters. The van der Waals surface area contributed by atoms with Crippen LogP contribution in [-0.4, -0.2) is 41.2 Å². The lowest BCUT2D eigenvalue weighted by atomic mass is 10.0. The van der Waals surface area contributed by atoms with Crippen LogP contribution in [-0.2, 0) is 26.1 Å². The van der Waals surface area contributed by atoms with E-state index < -0.39 is 19.7 Å². The summed E-state index contributed by atoms with van der Waals surface area (Å²) in [5, 5.41) is 5.60. The summed E-state index contributed by atoms with van der Waals surface area (Å²) < 4.78 is 46.3. The number of hydrogen-bond donors (Lipinski definition) is 2. The van der Waals surface area contributed by atoms with Crippen molar-refractivity contribution >= 4 is 42.9 Å². The molecule has 0 aliphatic heterocycles. The van der Waals surface area contributed by atoms with Crippen LogP contribution < -0.4 is 10.6 Å². The highest BCUT2D eigenvalue weighted by Crippen LogP contribution is 2.18. The number of carbonyl (C=O) groups excluding carboxylic acids is 2. The SMILES string of the molecule is CS(=O)(=O)c1ccc(C(=O)Nc2ccc(Cc3ccc(NC(=O)c4ccc(S(C)(=O)=O)cc4)cc3)cc2)cc1. The van der Waals surface area contributed by atoms with Crippen LogP contribution in [0.3, 0.4) is 0 Å². The molecule has 0 saturated carbocycles. The molecule has 8 nitrogen and oxygen atoms in total. The standard InChI is InChI=1S/C29H26N2O6S2/c1-38(34,35)26-15-7-22(8-16-26)28(32)30-24-11-3-20(4-12-24)19-21-5-13-25(14-6-21)31-29(33)23-9-17-27(18-10-23)39(2,36)37/h3-18H,19H2,1-2H3,(H,30,32)(H,31,33). The summed E-state index contributed by atoms with van der Waals surface area (Å²) >= 11 is 0.